The van der Waals surface area contributed by atoms with Crippen molar-refractivity contribution in [1.29, 1.82) is 0 Å². The summed E-state index contributed by atoms with van der Waals surface area (Å²) in [6.07, 6.45) is 0. The molecule has 102 valence electrons. The Bertz CT molecular complexity index is 410. The van der Waals surface area contributed by atoms with Gasteiger partial charge in [0.1, 0.15) is 6.04 Å². The van der Waals surface area contributed by atoms with E-state index in [1.807, 2.05) is 13.8 Å². The van der Waals surface area contributed by atoms with Gasteiger partial charge in [-0.3, -0.25) is 4.79 Å². The number of carbonyl (C=O) groups is 1. The summed E-state index contributed by atoms with van der Waals surface area (Å²) in [5, 5.41) is 3.20. The molecule has 1 rings (SSSR count). The van der Waals surface area contributed by atoms with Crippen molar-refractivity contribution in [3.05, 3.63) is 23.0 Å². The molecule has 0 amide bonds. The van der Waals surface area contributed by atoms with E-state index in [1.54, 1.807) is 0 Å². The highest BCUT2D eigenvalue weighted by Gasteiger charge is 2.14. The minimum Gasteiger partial charge on any atom is -0.465 e. The first-order chi connectivity index (χ1) is 8.51. The molecule has 0 saturated heterocycles. The van der Waals surface area contributed by atoms with Crippen LogP contribution in [0.4, 0.5) is 0 Å². The van der Waals surface area contributed by atoms with Crippen LogP contribution in [0.2, 0.25) is 0 Å². The first kappa shape index (κ1) is 14.8. The molecule has 1 atom stereocenters. The second kappa shape index (κ2) is 6.59. The van der Waals surface area contributed by atoms with Gasteiger partial charge in [-0.2, -0.15) is 0 Å². The van der Waals surface area contributed by atoms with Crippen molar-refractivity contribution < 1.29 is 9.53 Å². The van der Waals surface area contributed by atoms with Crippen LogP contribution < -0.4 is 5.32 Å². The number of ether oxygens (including phenoxy) is 1. The minimum absolute atomic E-state index is 0.193. The maximum Gasteiger partial charge on any atom is 0.322 e. The van der Waals surface area contributed by atoms with Crippen LogP contribution in [0, 0.1) is 13.8 Å². The Labute approximate surface area is 109 Å². The summed E-state index contributed by atoms with van der Waals surface area (Å²) in [6, 6.07) is 1.90. The van der Waals surface area contributed by atoms with E-state index in [0.717, 1.165) is 6.54 Å². The number of nitrogens with zero attached hydrogens (tertiary/aromatic N) is 1. The van der Waals surface area contributed by atoms with E-state index < -0.39 is 0 Å². The fourth-order valence-corrected chi connectivity index (χ4v) is 2.15. The highest BCUT2D eigenvalue weighted by molar-refractivity contribution is 5.75. The maximum absolute atomic E-state index is 11.5. The summed E-state index contributed by atoms with van der Waals surface area (Å²) in [5.41, 5.74) is 3.76. The average molecular weight is 252 g/mol. The predicted octanol–water partition coefficient (Wildman–Crippen LogP) is 2.17. The molecule has 0 saturated carbocycles. The molecule has 1 aromatic heterocycles. The number of hydrogen-bond donors (Lipinski definition) is 1. The lowest BCUT2D eigenvalue weighted by atomic mass is 10.2. The van der Waals surface area contributed by atoms with E-state index in [2.05, 4.69) is 36.7 Å². The second-order valence-corrected chi connectivity index (χ2v) is 4.50. The fourth-order valence-electron chi connectivity index (χ4n) is 2.15. The SMILES string of the molecule is CCOC(=O)C(C)NCc1cc(C)n(CC)c1C. The topological polar surface area (TPSA) is 43.3 Å². The third-order valence-corrected chi connectivity index (χ3v) is 3.23. The summed E-state index contributed by atoms with van der Waals surface area (Å²) >= 11 is 0. The number of carbonyl (C=O) groups excluding carboxylic acids is 1. The van der Waals surface area contributed by atoms with Crippen LogP contribution >= 0.6 is 0 Å². The molecule has 0 aliphatic carbocycles. The summed E-state index contributed by atoms with van der Waals surface area (Å²) in [4.78, 5) is 11.5. The average Bonchev–Trinajstić information content (AvgIpc) is 2.61. The molecule has 1 N–H and O–H groups in total. The Hall–Kier alpha value is -1.29. The smallest absolute Gasteiger partial charge is 0.322 e. The zero-order valence-corrected chi connectivity index (χ0v) is 12.0. The Balaban J connectivity index is 2.61. The third-order valence-electron chi connectivity index (χ3n) is 3.23. The first-order valence-electron chi connectivity index (χ1n) is 6.56. The number of aromatic nitrogens is 1. The molecule has 0 aromatic carbocycles. The normalized spacial score (nSPS) is 12.5. The molecule has 0 spiro atoms. The largest absolute Gasteiger partial charge is 0.465 e. The summed E-state index contributed by atoms with van der Waals surface area (Å²) < 4.78 is 7.24. The molecule has 0 radical (unpaired) electrons. The molecule has 1 aromatic rings. The standard InChI is InChI=1S/C14H24N2O2/c1-6-16-10(3)8-13(12(16)5)9-15-11(4)14(17)18-7-2/h8,11,15H,6-7,9H2,1-5H3. The fraction of sp³-hybridized carbons (Fsp3) is 0.643. The number of esters is 1. The van der Waals surface area contributed by atoms with Gasteiger partial charge in [0, 0.05) is 24.5 Å². The van der Waals surface area contributed by atoms with E-state index in [-0.39, 0.29) is 12.0 Å². The van der Waals surface area contributed by atoms with Crippen molar-refractivity contribution in [1.82, 2.24) is 9.88 Å². The van der Waals surface area contributed by atoms with Gasteiger partial charge in [-0.05, 0) is 46.2 Å². The van der Waals surface area contributed by atoms with Gasteiger partial charge in [0.25, 0.3) is 0 Å². The van der Waals surface area contributed by atoms with Gasteiger partial charge in [-0.15, -0.1) is 0 Å². The van der Waals surface area contributed by atoms with Crippen molar-refractivity contribution in [2.75, 3.05) is 6.61 Å². The van der Waals surface area contributed by atoms with Gasteiger partial charge in [0.2, 0.25) is 0 Å². The number of rotatable bonds is 6. The highest BCUT2D eigenvalue weighted by atomic mass is 16.5. The van der Waals surface area contributed by atoms with Gasteiger partial charge in [-0.25, -0.2) is 0 Å². The van der Waals surface area contributed by atoms with Crippen LogP contribution in [0.15, 0.2) is 6.07 Å². The summed E-state index contributed by atoms with van der Waals surface area (Å²) in [5.74, 6) is -0.193. The predicted molar refractivity (Wildman–Crippen MR) is 72.5 cm³/mol. The van der Waals surface area contributed by atoms with Crippen molar-refractivity contribution in [2.45, 2.75) is 53.8 Å². The second-order valence-electron chi connectivity index (χ2n) is 4.50. The molecule has 0 bridgehead atoms. The summed E-state index contributed by atoms with van der Waals surface area (Å²) in [7, 11) is 0. The van der Waals surface area contributed by atoms with Crippen molar-refractivity contribution in [3.8, 4) is 0 Å². The lowest BCUT2D eigenvalue weighted by Gasteiger charge is -2.12. The zero-order chi connectivity index (χ0) is 13.7. The molecule has 0 aliphatic rings. The van der Waals surface area contributed by atoms with Crippen molar-refractivity contribution in [3.63, 3.8) is 0 Å². The van der Waals surface area contributed by atoms with Crippen molar-refractivity contribution >= 4 is 5.97 Å². The van der Waals surface area contributed by atoms with Gasteiger partial charge >= 0.3 is 5.97 Å². The molecule has 18 heavy (non-hydrogen) atoms. The molecule has 0 fully saturated rings. The lowest BCUT2D eigenvalue weighted by molar-refractivity contribution is -0.145. The van der Waals surface area contributed by atoms with Gasteiger partial charge < -0.3 is 14.6 Å². The molecule has 0 aliphatic heterocycles. The van der Waals surface area contributed by atoms with Crippen LogP contribution in [0.5, 0.6) is 0 Å². The monoisotopic (exact) mass is 252 g/mol. The molecular weight excluding hydrogens is 228 g/mol. The molecule has 1 unspecified atom stereocenters. The number of aryl methyl sites for hydroxylation is 1. The van der Waals surface area contributed by atoms with Crippen LogP contribution in [-0.2, 0) is 22.6 Å². The Morgan fingerprint density at radius 1 is 1.44 bits per heavy atom. The van der Waals surface area contributed by atoms with Gasteiger partial charge in [-0.1, -0.05) is 0 Å². The van der Waals surface area contributed by atoms with E-state index in [4.69, 9.17) is 4.74 Å². The maximum atomic E-state index is 11.5. The Morgan fingerprint density at radius 2 is 2.11 bits per heavy atom. The van der Waals surface area contributed by atoms with Crippen LogP contribution in [-0.4, -0.2) is 23.2 Å². The van der Waals surface area contributed by atoms with E-state index in [0.29, 0.717) is 13.2 Å². The minimum atomic E-state index is -0.269. The molecular formula is C14H24N2O2. The van der Waals surface area contributed by atoms with Crippen molar-refractivity contribution in [2.24, 2.45) is 0 Å². The van der Waals surface area contributed by atoms with Crippen LogP contribution in [0.1, 0.15) is 37.7 Å². The quantitative estimate of drug-likeness (QED) is 0.789. The first-order valence-corrected chi connectivity index (χ1v) is 6.56. The highest BCUT2D eigenvalue weighted by Crippen LogP contribution is 2.14. The van der Waals surface area contributed by atoms with E-state index >= 15 is 0 Å². The van der Waals surface area contributed by atoms with E-state index in [1.165, 1.54) is 17.0 Å². The van der Waals surface area contributed by atoms with Crippen LogP contribution in [0.3, 0.4) is 0 Å². The lowest BCUT2D eigenvalue weighted by Crippen LogP contribution is -2.35. The summed E-state index contributed by atoms with van der Waals surface area (Å²) in [6.45, 7) is 12.1. The molecule has 4 nitrogen and oxygen atoms in total. The Kier molecular flexibility index (Phi) is 5.41. The van der Waals surface area contributed by atoms with E-state index in [9.17, 15) is 4.79 Å². The third kappa shape index (κ3) is 3.35. The van der Waals surface area contributed by atoms with Crippen LogP contribution in [0.25, 0.3) is 0 Å². The zero-order valence-electron chi connectivity index (χ0n) is 12.0. The molecule has 4 heteroatoms. The molecule has 1 heterocycles. The number of nitrogens with one attached hydrogen (secondary N) is 1. The Morgan fingerprint density at radius 3 is 2.61 bits per heavy atom. The van der Waals surface area contributed by atoms with Gasteiger partial charge in [0.05, 0.1) is 6.61 Å². The number of hydrogen-bond acceptors (Lipinski definition) is 3. The van der Waals surface area contributed by atoms with Gasteiger partial charge in [0.15, 0.2) is 0 Å².